The lowest BCUT2D eigenvalue weighted by molar-refractivity contribution is 0.190. The average molecular weight is 360 g/mol. The van der Waals surface area contributed by atoms with Crippen molar-refractivity contribution in [2.45, 2.75) is 19.9 Å². The first-order chi connectivity index (χ1) is 10.0. The Morgan fingerprint density at radius 1 is 1.33 bits per heavy atom. The molecule has 0 radical (unpaired) electrons. The third-order valence-electron chi connectivity index (χ3n) is 2.90. The second-order valence-electron chi connectivity index (χ2n) is 4.62. The number of anilines is 2. The fourth-order valence-corrected chi connectivity index (χ4v) is 2.25. The number of ether oxygens (including phenoxy) is 1. The number of nitrogens with one attached hydrogen (secondary N) is 1. The molecule has 1 heterocycles. The van der Waals surface area contributed by atoms with E-state index in [1.807, 2.05) is 17.7 Å². The van der Waals surface area contributed by atoms with E-state index in [2.05, 4.69) is 26.2 Å². The molecule has 4 nitrogen and oxygen atoms in total. The topological polar surface area (TPSA) is 39.1 Å². The SMILES string of the molecule is COCCCn1cc(C)nc1Nc1cc(F)c(Br)cc1F. The Hall–Kier alpha value is -1.47. The molecule has 0 aliphatic carbocycles. The zero-order chi connectivity index (χ0) is 15.4. The lowest BCUT2D eigenvalue weighted by atomic mass is 10.3. The molecule has 1 aromatic heterocycles. The highest BCUT2D eigenvalue weighted by Gasteiger charge is 2.12. The molecule has 1 aromatic carbocycles. The molecule has 0 saturated heterocycles. The summed E-state index contributed by atoms with van der Waals surface area (Å²) in [6, 6.07) is 2.19. The fourth-order valence-electron chi connectivity index (χ4n) is 1.94. The summed E-state index contributed by atoms with van der Waals surface area (Å²) in [7, 11) is 1.64. The van der Waals surface area contributed by atoms with E-state index in [0.717, 1.165) is 24.2 Å². The summed E-state index contributed by atoms with van der Waals surface area (Å²) in [5, 5.41) is 2.83. The van der Waals surface area contributed by atoms with Crippen LogP contribution in [-0.4, -0.2) is 23.3 Å². The zero-order valence-electron chi connectivity index (χ0n) is 11.8. The monoisotopic (exact) mass is 359 g/mol. The van der Waals surface area contributed by atoms with Gasteiger partial charge in [0.15, 0.2) is 0 Å². The van der Waals surface area contributed by atoms with Crippen LogP contribution in [0.5, 0.6) is 0 Å². The molecule has 0 fully saturated rings. The molecular formula is C14H16BrF2N3O. The minimum absolute atomic E-state index is 0.0503. The Kier molecular flexibility index (Phi) is 5.30. The van der Waals surface area contributed by atoms with Gasteiger partial charge in [0.25, 0.3) is 0 Å². The summed E-state index contributed by atoms with van der Waals surface area (Å²) in [6.07, 6.45) is 2.66. The number of rotatable bonds is 6. The first-order valence-corrected chi connectivity index (χ1v) is 7.25. The molecule has 0 aliphatic rings. The maximum Gasteiger partial charge on any atom is 0.207 e. The quantitative estimate of drug-likeness (QED) is 0.625. The van der Waals surface area contributed by atoms with Crippen LogP contribution in [0.25, 0.3) is 0 Å². The van der Waals surface area contributed by atoms with E-state index in [0.29, 0.717) is 19.1 Å². The second-order valence-corrected chi connectivity index (χ2v) is 5.47. The van der Waals surface area contributed by atoms with Gasteiger partial charge in [0.1, 0.15) is 11.6 Å². The zero-order valence-corrected chi connectivity index (χ0v) is 13.4. The van der Waals surface area contributed by atoms with Crippen molar-refractivity contribution in [2.24, 2.45) is 0 Å². The molecule has 2 rings (SSSR count). The molecule has 1 N–H and O–H groups in total. The van der Waals surface area contributed by atoms with Crippen molar-refractivity contribution in [2.75, 3.05) is 19.0 Å². The molecule has 114 valence electrons. The van der Waals surface area contributed by atoms with Crippen LogP contribution < -0.4 is 5.32 Å². The van der Waals surface area contributed by atoms with Gasteiger partial charge < -0.3 is 14.6 Å². The Bertz CT molecular complexity index is 631. The molecular weight excluding hydrogens is 344 g/mol. The van der Waals surface area contributed by atoms with Gasteiger partial charge in [0, 0.05) is 32.5 Å². The van der Waals surface area contributed by atoms with E-state index in [1.165, 1.54) is 0 Å². The van der Waals surface area contributed by atoms with Gasteiger partial charge in [-0.15, -0.1) is 0 Å². The van der Waals surface area contributed by atoms with E-state index in [-0.39, 0.29) is 10.2 Å². The first kappa shape index (κ1) is 15.9. The number of imidazole rings is 1. The first-order valence-electron chi connectivity index (χ1n) is 6.45. The maximum absolute atomic E-state index is 13.8. The Morgan fingerprint density at radius 2 is 2.10 bits per heavy atom. The molecule has 0 spiro atoms. The Morgan fingerprint density at radius 3 is 2.81 bits per heavy atom. The van der Waals surface area contributed by atoms with E-state index in [9.17, 15) is 8.78 Å². The van der Waals surface area contributed by atoms with Crippen molar-refractivity contribution in [3.63, 3.8) is 0 Å². The van der Waals surface area contributed by atoms with Crippen LogP contribution in [0.2, 0.25) is 0 Å². The summed E-state index contributed by atoms with van der Waals surface area (Å²) in [4.78, 5) is 4.29. The van der Waals surface area contributed by atoms with Gasteiger partial charge in [-0.25, -0.2) is 13.8 Å². The molecule has 0 atom stereocenters. The van der Waals surface area contributed by atoms with Crippen LogP contribution in [0.1, 0.15) is 12.1 Å². The minimum atomic E-state index is -0.549. The largest absolute Gasteiger partial charge is 0.385 e. The van der Waals surface area contributed by atoms with Gasteiger partial charge in [0.05, 0.1) is 15.9 Å². The van der Waals surface area contributed by atoms with Crippen LogP contribution in [0.4, 0.5) is 20.4 Å². The molecule has 0 unspecified atom stereocenters. The maximum atomic E-state index is 13.8. The highest BCUT2D eigenvalue weighted by Crippen LogP contribution is 2.26. The van der Waals surface area contributed by atoms with Gasteiger partial charge in [-0.05, 0) is 35.3 Å². The van der Waals surface area contributed by atoms with Crippen LogP contribution in [0.3, 0.4) is 0 Å². The predicted octanol–water partition coefficient (Wildman–Crippen LogP) is 4.01. The van der Waals surface area contributed by atoms with Gasteiger partial charge in [-0.1, -0.05) is 0 Å². The fraction of sp³-hybridized carbons (Fsp3) is 0.357. The van der Waals surface area contributed by atoms with Crippen molar-refractivity contribution in [3.05, 3.63) is 40.1 Å². The highest BCUT2D eigenvalue weighted by molar-refractivity contribution is 9.10. The van der Waals surface area contributed by atoms with Crippen molar-refractivity contribution in [1.29, 1.82) is 0 Å². The van der Waals surface area contributed by atoms with Gasteiger partial charge in [-0.2, -0.15) is 0 Å². The Balaban J connectivity index is 2.21. The number of nitrogens with zero attached hydrogens (tertiary/aromatic N) is 2. The third-order valence-corrected chi connectivity index (χ3v) is 3.51. The molecule has 21 heavy (non-hydrogen) atoms. The smallest absolute Gasteiger partial charge is 0.207 e. The van der Waals surface area contributed by atoms with Crippen LogP contribution in [0, 0.1) is 18.6 Å². The number of hydrogen-bond acceptors (Lipinski definition) is 3. The lowest BCUT2D eigenvalue weighted by Gasteiger charge is -2.11. The molecule has 2 aromatic rings. The minimum Gasteiger partial charge on any atom is -0.385 e. The highest BCUT2D eigenvalue weighted by atomic mass is 79.9. The Labute approximate surface area is 130 Å². The van der Waals surface area contributed by atoms with Crippen molar-refractivity contribution < 1.29 is 13.5 Å². The molecule has 0 aliphatic heterocycles. The standard InChI is InChI=1S/C14H16BrF2N3O/c1-9-8-20(4-3-5-21-2)14(18-9)19-13-7-11(16)10(15)6-12(13)17/h6-8H,3-5H2,1-2H3,(H,18,19). The van der Waals surface area contributed by atoms with E-state index < -0.39 is 11.6 Å². The van der Waals surface area contributed by atoms with E-state index in [1.54, 1.807) is 7.11 Å². The van der Waals surface area contributed by atoms with E-state index in [4.69, 9.17) is 4.74 Å². The number of methoxy groups -OCH3 is 1. The van der Waals surface area contributed by atoms with Gasteiger partial charge in [-0.3, -0.25) is 0 Å². The summed E-state index contributed by atoms with van der Waals surface area (Å²) >= 11 is 2.95. The number of halogens is 3. The van der Waals surface area contributed by atoms with Crippen LogP contribution in [0.15, 0.2) is 22.8 Å². The van der Waals surface area contributed by atoms with Crippen LogP contribution >= 0.6 is 15.9 Å². The second kappa shape index (κ2) is 7.00. The normalized spacial score (nSPS) is 10.9. The van der Waals surface area contributed by atoms with Crippen molar-refractivity contribution in [3.8, 4) is 0 Å². The third kappa shape index (κ3) is 4.01. The summed E-state index contributed by atoms with van der Waals surface area (Å²) in [5.41, 5.74) is 0.849. The molecule has 0 bridgehead atoms. The van der Waals surface area contributed by atoms with Gasteiger partial charge in [0.2, 0.25) is 5.95 Å². The van der Waals surface area contributed by atoms with E-state index >= 15 is 0 Å². The number of hydrogen-bond donors (Lipinski definition) is 1. The van der Waals surface area contributed by atoms with Crippen molar-refractivity contribution >= 4 is 27.6 Å². The molecule has 0 amide bonds. The lowest BCUT2D eigenvalue weighted by Crippen LogP contribution is -2.06. The summed E-state index contributed by atoms with van der Waals surface area (Å²) < 4.78 is 34.3. The number of benzene rings is 1. The predicted molar refractivity (Wildman–Crippen MR) is 80.8 cm³/mol. The molecule has 0 saturated carbocycles. The summed E-state index contributed by atoms with van der Waals surface area (Å²) in [5.74, 6) is -0.607. The number of aromatic nitrogens is 2. The molecule has 7 heteroatoms. The summed E-state index contributed by atoms with van der Waals surface area (Å²) in [6.45, 7) is 3.14. The van der Waals surface area contributed by atoms with Gasteiger partial charge >= 0.3 is 0 Å². The van der Waals surface area contributed by atoms with Crippen LogP contribution in [-0.2, 0) is 11.3 Å². The average Bonchev–Trinajstić information content (AvgIpc) is 2.76. The number of aryl methyl sites for hydroxylation is 2. The van der Waals surface area contributed by atoms with Crippen molar-refractivity contribution in [1.82, 2.24) is 9.55 Å².